The maximum atomic E-state index is 13.0. The Morgan fingerprint density at radius 2 is 1.81 bits per heavy atom. The summed E-state index contributed by atoms with van der Waals surface area (Å²) in [6, 6.07) is 15.9. The highest BCUT2D eigenvalue weighted by Crippen LogP contribution is 2.32. The molecule has 1 aliphatic heterocycles. The molecule has 2 unspecified atom stereocenters. The van der Waals surface area contributed by atoms with Gasteiger partial charge in [0.05, 0.1) is 28.3 Å². The number of benzene rings is 3. The highest BCUT2D eigenvalue weighted by Gasteiger charge is 2.31. The van der Waals surface area contributed by atoms with Crippen molar-refractivity contribution in [3.8, 4) is 5.69 Å². The lowest BCUT2D eigenvalue weighted by Crippen LogP contribution is -2.46. The van der Waals surface area contributed by atoms with Gasteiger partial charge < -0.3 is 26.9 Å². The van der Waals surface area contributed by atoms with Crippen LogP contribution in [0, 0.1) is 0 Å². The van der Waals surface area contributed by atoms with Crippen molar-refractivity contribution in [3.63, 3.8) is 0 Å². The number of carbonyl (C=O) groups is 2. The topological polar surface area (TPSA) is 186 Å². The zero-order valence-corrected chi connectivity index (χ0v) is 19.3. The summed E-state index contributed by atoms with van der Waals surface area (Å²) in [7, 11) is 0. The molecule has 0 aliphatic carbocycles. The predicted octanol–water partition coefficient (Wildman–Crippen LogP) is 1.16. The minimum Gasteiger partial charge on any atom is -0.480 e. The Hall–Kier alpha value is -5.03. The Bertz CT molecular complexity index is 1700. The van der Waals surface area contributed by atoms with Gasteiger partial charge in [0, 0.05) is 17.7 Å². The highest BCUT2D eigenvalue weighted by molar-refractivity contribution is 6.42. The lowest BCUT2D eigenvalue weighted by molar-refractivity contribution is -0.141. The number of aliphatic imine (C=N–C) groups is 1. The van der Waals surface area contributed by atoms with Crippen molar-refractivity contribution < 1.29 is 14.7 Å². The number of H-pyrrole nitrogens is 1. The molecule has 5 rings (SSSR count). The molecule has 0 saturated carbocycles. The molecule has 0 radical (unpaired) electrons. The van der Waals surface area contributed by atoms with Crippen molar-refractivity contribution >= 4 is 39.9 Å². The summed E-state index contributed by atoms with van der Waals surface area (Å²) in [6.45, 7) is 0. The molecule has 1 amide bonds. The molecule has 1 aromatic heterocycles. The molecule has 0 bridgehead atoms. The van der Waals surface area contributed by atoms with Crippen molar-refractivity contribution in [1.29, 1.82) is 0 Å². The highest BCUT2D eigenvalue weighted by atomic mass is 16.4. The molecule has 4 aromatic rings. The Morgan fingerprint density at radius 1 is 1.08 bits per heavy atom. The number of aromatic amines is 1. The number of carboxylic acid groups (broad SMARTS) is 1. The minimum atomic E-state index is -1.26. The molecular formula is C26H22N6O5. The van der Waals surface area contributed by atoms with Crippen LogP contribution in [0.4, 0.5) is 11.4 Å². The lowest BCUT2D eigenvalue weighted by Gasteiger charge is -2.16. The van der Waals surface area contributed by atoms with E-state index in [4.69, 9.17) is 11.5 Å². The summed E-state index contributed by atoms with van der Waals surface area (Å²) >= 11 is 0. The predicted molar refractivity (Wildman–Crippen MR) is 138 cm³/mol. The number of hydrogen-bond donors (Lipinski definition) is 5. The Labute approximate surface area is 209 Å². The molecule has 186 valence electrons. The molecule has 2 atom stereocenters. The van der Waals surface area contributed by atoms with E-state index in [0.717, 1.165) is 4.57 Å². The molecule has 1 aliphatic rings. The number of carboxylic acids is 1. The van der Waals surface area contributed by atoms with E-state index in [0.29, 0.717) is 33.7 Å². The minimum absolute atomic E-state index is 0.0401. The van der Waals surface area contributed by atoms with Gasteiger partial charge in [-0.2, -0.15) is 0 Å². The van der Waals surface area contributed by atoms with E-state index in [1.807, 2.05) is 0 Å². The van der Waals surface area contributed by atoms with Gasteiger partial charge in [0.25, 0.3) is 11.5 Å². The molecule has 37 heavy (non-hydrogen) atoms. The number of aromatic nitrogens is 2. The number of amides is 1. The second kappa shape index (κ2) is 9.21. The molecule has 0 fully saturated rings. The third kappa shape index (κ3) is 4.39. The van der Waals surface area contributed by atoms with Crippen molar-refractivity contribution in [2.45, 2.75) is 18.5 Å². The summed E-state index contributed by atoms with van der Waals surface area (Å²) in [5.41, 5.74) is 13.7. The van der Waals surface area contributed by atoms with Gasteiger partial charge in [-0.05, 0) is 42.0 Å². The lowest BCUT2D eigenvalue weighted by atomic mass is 10.0. The van der Waals surface area contributed by atoms with E-state index in [2.05, 4.69) is 15.3 Å². The monoisotopic (exact) mass is 498 g/mol. The van der Waals surface area contributed by atoms with Crippen LogP contribution in [0.5, 0.6) is 0 Å². The number of carbonyl (C=O) groups excluding carboxylic acids is 1. The van der Waals surface area contributed by atoms with E-state index in [-0.39, 0.29) is 17.5 Å². The molecular weight excluding hydrogens is 476 g/mol. The molecule has 2 heterocycles. The summed E-state index contributed by atoms with van der Waals surface area (Å²) in [5, 5.41) is 12.5. The van der Waals surface area contributed by atoms with Crippen LogP contribution in [-0.2, 0) is 16.0 Å². The second-order valence-electron chi connectivity index (χ2n) is 8.64. The number of fused-ring (bicyclic) bond motifs is 2. The van der Waals surface area contributed by atoms with Gasteiger partial charge in [0.1, 0.15) is 11.8 Å². The van der Waals surface area contributed by atoms with Crippen molar-refractivity contribution in [1.82, 2.24) is 14.9 Å². The summed E-state index contributed by atoms with van der Waals surface area (Å²) in [4.78, 5) is 57.1. The van der Waals surface area contributed by atoms with Crippen LogP contribution >= 0.6 is 0 Å². The molecule has 11 nitrogen and oxygen atoms in total. The number of nitrogens with one attached hydrogen (secondary N) is 2. The zero-order chi connectivity index (χ0) is 26.3. The summed E-state index contributed by atoms with van der Waals surface area (Å²) < 4.78 is 0.972. The van der Waals surface area contributed by atoms with Crippen LogP contribution in [0.2, 0.25) is 0 Å². The van der Waals surface area contributed by atoms with Crippen molar-refractivity contribution in [3.05, 3.63) is 98.7 Å². The largest absolute Gasteiger partial charge is 0.480 e. The number of nitrogens with zero attached hydrogens (tertiary/aromatic N) is 2. The van der Waals surface area contributed by atoms with Gasteiger partial charge in [-0.3, -0.25) is 9.59 Å². The Morgan fingerprint density at radius 3 is 2.51 bits per heavy atom. The van der Waals surface area contributed by atoms with Gasteiger partial charge in [-0.25, -0.2) is 19.1 Å². The van der Waals surface area contributed by atoms with E-state index >= 15 is 0 Å². The number of rotatable bonds is 6. The molecule has 3 aromatic carbocycles. The Kier molecular flexibility index (Phi) is 5.90. The average molecular weight is 498 g/mol. The molecule has 0 saturated heterocycles. The summed E-state index contributed by atoms with van der Waals surface area (Å²) in [6.07, 6.45) is -0.0453. The number of para-hydroxylation sites is 1. The van der Waals surface area contributed by atoms with Crippen LogP contribution in [-0.4, -0.2) is 38.3 Å². The van der Waals surface area contributed by atoms with Crippen LogP contribution in [0.3, 0.4) is 0 Å². The van der Waals surface area contributed by atoms with E-state index in [1.54, 1.807) is 48.5 Å². The molecule has 11 heteroatoms. The number of hydrogen-bond acceptors (Lipinski definition) is 7. The fourth-order valence-corrected chi connectivity index (χ4v) is 4.31. The van der Waals surface area contributed by atoms with Crippen LogP contribution in [0.1, 0.15) is 17.2 Å². The maximum Gasteiger partial charge on any atom is 0.333 e. The standard InChI is InChI=1S/C26H22N6O5/c27-14-7-10-19-17(12-14)24(34)32(26(37)31-19)15-8-5-13(6-9-15)11-20(25(35)36)30-23(33)22-21(28)16-3-1-2-4-18(16)29-22/h1-10,12,20-21H,11,27-28H2,(H,30,33)(H,31,37)(H,35,36). The first-order valence-electron chi connectivity index (χ1n) is 11.3. The number of nitrogens with two attached hydrogens (primary N) is 2. The van der Waals surface area contributed by atoms with E-state index in [1.165, 1.54) is 18.2 Å². The quantitative estimate of drug-likeness (QED) is 0.247. The summed E-state index contributed by atoms with van der Waals surface area (Å²) in [5.74, 6) is -1.90. The third-order valence-electron chi connectivity index (χ3n) is 6.20. The van der Waals surface area contributed by atoms with Gasteiger partial charge in [0.15, 0.2) is 0 Å². The van der Waals surface area contributed by atoms with Crippen LogP contribution < -0.4 is 28.0 Å². The zero-order valence-electron chi connectivity index (χ0n) is 19.3. The third-order valence-corrected chi connectivity index (χ3v) is 6.20. The first-order chi connectivity index (χ1) is 17.7. The van der Waals surface area contributed by atoms with Gasteiger partial charge in [0.2, 0.25) is 0 Å². The van der Waals surface area contributed by atoms with Crippen LogP contribution in [0.15, 0.2) is 81.3 Å². The molecule has 7 N–H and O–H groups in total. The number of anilines is 1. The first-order valence-corrected chi connectivity index (χ1v) is 11.3. The molecule has 0 spiro atoms. The van der Waals surface area contributed by atoms with Crippen molar-refractivity contribution in [2.24, 2.45) is 10.7 Å². The van der Waals surface area contributed by atoms with Crippen LogP contribution in [0.25, 0.3) is 16.6 Å². The first kappa shape index (κ1) is 23.7. The van der Waals surface area contributed by atoms with Gasteiger partial charge in [-0.15, -0.1) is 0 Å². The smallest absolute Gasteiger partial charge is 0.333 e. The van der Waals surface area contributed by atoms with E-state index < -0.39 is 35.2 Å². The van der Waals surface area contributed by atoms with Gasteiger partial charge in [-0.1, -0.05) is 30.3 Å². The normalized spacial score (nSPS) is 15.2. The SMILES string of the molecule is Nc1ccc2[nH]c(=O)n(-c3ccc(CC(NC(=O)C4=Nc5ccccc5C4N)C(=O)O)cc3)c(=O)c2c1. The van der Waals surface area contributed by atoms with E-state index in [9.17, 15) is 24.3 Å². The number of aliphatic carboxylic acids is 1. The average Bonchev–Trinajstić information content (AvgIpc) is 3.22. The fourth-order valence-electron chi connectivity index (χ4n) is 4.31. The Balaban J connectivity index is 1.36. The van der Waals surface area contributed by atoms with Crippen molar-refractivity contribution in [2.75, 3.05) is 5.73 Å². The van der Waals surface area contributed by atoms with Gasteiger partial charge >= 0.3 is 11.7 Å². The fraction of sp³-hybridized carbons (Fsp3) is 0.115. The second-order valence-corrected chi connectivity index (χ2v) is 8.64. The number of nitrogen functional groups attached to an aromatic ring is 1. The maximum absolute atomic E-state index is 13.0.